The summed E-state index contributed by atoms with van der Waals surface area (Å²) >= 11 is 7.56. The first-order valence-corrected chi connectivity index (χ1v) is 9.17. The van der Waals surface area contributed by atoms with E-state index in [0.29, 0.717) is 18.2 Å². The second kappa shape index (κ2) is 7.90. The highest BCUT2D eigenvalue weighted by Gasteiger charge is 2.20. The summed E-state index contributed by atoms with van der Waals surface area (Å²) in [5.74, 6) is 0.401. The van der Waals surface area contributed by atoms with Gasteiger partial charge in [-0.05, 0) is 50.0 Å². The predicted molar refractivity (Wildman–Crippen MR) is 94.4 cm³/mol. The standard InChI is InChI=1S/C17H20ClN3OS/c18-14-3-1-2-12(10-14)4-9-20-16(22)15-11-23-17(21-15)13-5-7-19-8-6-13/h1-3,10-11,13,19H,4-9H2,(H,20,22). The molecule has 1 aromatic carbocycles. The van der Waals surface area contributed by atoms with Crippen molar-refractivity contribution in [1.82, 2.24) is 15.6 Å². The normalized spacial score (nSPS) is 15.5. The Hall–Kier alpha value is -1.43. The largest absolute Gasteiger partial charge is 0.350 e. The number of piperidine rings is 1. The van der Waals surface area contributed by atoms with E-state index in [4.69, 9.17) is 11.6 Å². The van der Waals surface area contributed by atoms with Gasteiger partial charge in [0.05, 0.1) is 5.01 Å². The van der Waals surface area contributed by atoms with Crippen LogP contribution in [-0.2, 0) is 6.42 Å². The summed E-state index contributed by atoms with van der Waals surface area (Å²) in [7, 11) is 0. The summed E-state index contributed by atoms with van der Waals surface area (Å²) < 4.78 is 0. The van der Waals surface area contributed by atoms with Gasteiger partial charge in [0.25, 0.3) is 5.91 Å². The van der Waals surface area contributed by atoms with E-state index in [-0.39, 0.29) is 5.91 Å². The molecule has 2 aromatic rings. The minimum atomic E-state index is -0.0940. The topological polar surface area (TPSA) is 54.0 Å². The van der Waals surface area contributed by atoms with Gasteiger partial charge in [0, 0.05) is 22.9 Å². The van der Waals surface area contributed by atoms with Crippen molar-refractivity contribution in [2.24, 2.45) is 0 Å². The Bertz CT molecular complexity index is 667. The van der Waals surface area contributed by atoms with E-state index >= 15 is 0 Å². The number of aromatic nitrogens is 1. The fourth-order valence-electron chi connectivity index (χ4n) is 2.75. The van der Waals surface area contributed by atoms with Crippen LogP contribution in [0.3, 0.4) is 0 Å². The molecule has 1 aliphatic heterocycles. The molecule has 2 heterocycles. The van der Waals surface area contributed by atoms with Crippen LogP contribution in [0.1, 0.15) is 39.8 Å². The van der Waals surface area contributed by atoms with Crippen molar-refractivity contribution in [2.75, 3.05) is 19.6 Å². The number of hydrogen-bond acceptors (Lipinski definition) is 4. The lowest BCUT2D eigenvalue weighted by Crippen LogP contribution is -2.27. The molecule has 0 aliphatic carbocycles. The molecule has 23 heavy (non-hydrogen) atoms. The molecule has 6 heteroatoms. The number of nitrogens with one attached hydrogen (secondary N) is 2. The molecule has 1 fully saturated rings. The summed E-state index contributed by atoms with van der Waals surface area (Å²) in [5, 5.41) is 9.96. The van der Waals surface area contributed by atoms with Gasteiger partial charge < -0.3 is 10.6 Å². The van der Waals surface area contributed by atoms with Crippen molar-refractivity contribution in [2.45, 2.75) is 25.2 Å². The molecule has 0 unspecified atom stereocenters. The maximum atomic E-state index is 12.2. The van der Waals surface area contributed by atoms with Crippen LogP contribution in [0.2, 0.25) is 5.02 Å². The second-order valence-corrected chi connectivity index (χ2v) is 7.06. The van der Waals surface area contributed by atoms with Crippen molar-refractivity contribution in [3.63, 3.8) is 0 Å². The third kappa shape index (κ3) is 4.53. The van der Waals surface area contributed by atoms with Crippen LogP contribution in [0.25, 0.3) is 0 Å². The molecule has 1 aliphatic rings. The zero-order chi connectivity index (χ0) is 16.1. The lowest BCUT2D eigenvalue weighted by Gasteiger charge is -2.20. The van der Waals surface area contributed by atoms with Crippen LogP contribution in [0.5, 0.6) is 0 Å². The number of carbonyl (C=O) groups is 1. The van der Waals surface area contributed by atoms with Gasteiger partial charge in [-0.15, -0.1) is 11.3 Å². The SMILES string of the molecule is O=C(NCCc1cccc(Cl)c1)c1csc(C2CCNCC2)n1. The highest BCUT2D eigenvalue weighted by Crippen LogP contribution is 2.27. The van der Waals surface area contributed by atoms with E-state index in [1.165, 1.54) is 0 Å². The smallest absolute Gasteiger partial charge is 0.270 e. The Morgan fingerprint density at radius 3 is 3.00 bits per heavy atom. The Morgan fingerprint density at radius 1 is 1.39 bits per heavy atom. The van der Waals surface area contributed by atoms with Gasteiger partial charge in [-0.2, -0.15) is 0 Å². The van der Waals surface area contributed by atoms with Crippen LogP contribution < -0.4 is 10.6 Å². The maximum Gasteiger partial charge on any atom is 0.270 e. The minimum absolute atomic E-state index is 0.0940. The number of hydrogen-bond donors (Lipinski definition) is 2. The van der Waals surface area contributed by atoms with E-state index in [1.807, 2.05) is 29.6 Å². The van der Waals surface area contributed by atoms with Gasteiger partial charge in [-0.3, -0.25) is 4.79 Å². The Morgan fingerprint density at radius 2 is 2.22 bits per heavy atom. The summed E-state index contributed by atoms with van der Waals surface area (Å²) in [6, 6.07) is 7.70. The lowest BCUT2D eigenvalue weighted by atomic mass is 9.99. The molecular weight excluding hydrogens is 330 g/mol. The fourth-order valence-corrected chi connectivity index (χ4v) is 3.94. The van der Waals surface area contributed by atoms with Crippen LogP contribution in [0.15, 0.2) is 29.6 Å². The number of amides is 1. The maximum absolute atomic E-state index is 12.2. The van der Waals surface area contributed by atoms with E-state index < -0.39 is 0 Å². The van der Waals surface area contributed by atoms with E-state index in [0.717, 1.165) is 47.9 Å². The molecule has 2 N–H and O–H groups in total. The van der Waals surface area contributed by atoms with Gasteiger partial charge in [0.2, 0.25) is 0 Å². The molecule has 1 aromatic heterocycles. The van der Waals surface area contributed by atoms with Gasteiger partial charge in [-0.1, -0.05) is 23.7 Å². The minimum Gasteiger partial charge on any atom is -0.350 e. The number of benzene rings is 1. The van der Waals surface area contributed by atoms with E-state index in [1.54, 1.807) is 11.3 Å². The summed E-state index contributed by atoms with van der Waals surface area (Å²) in [6.45, 7) is 2.65. The van der Waals surface area contributed by atoms with Crippen molar-refractivity contribution in [1.29, 1.82) is 0 Å². The number of thiazole rings is 1. The number of halogens is 1. The van der Waals surface area contributed by atoms with Crippen molar-refractivity contribution in [3.8, 4) is 0 Å². The molecule has 0 saturated carbocycles. The van der Waals surface area contributed by atoms with Gasteiger partial charge in [-0.25, -0.2) is 4.98 Å². The van der Waals surface area contributed by atoms with Crippen molar-refractivity contribution >= 4 is 28.8 Å². The van der Waals surface area contributed by atoms with E-state index in [9.17, 15) is 4.79 Å². The highest BCUT2D eigenvalue weighted by molar-refractivity contribution is 7.09. The zero-order valence-corrected chi connectivity index (χ0v) is 14.4. The average molecular weight is 350 g/mol. The van der Waals surface area contributed by atoms with Crippen LogP contribution in [-0.4, -0.2) is 30.5 Å². The van der Waals surface area contributed by atoms with E-state index in [2.05, 4.69) is 15.6 Å². The first-order chi connectivity index (χ1) is 11.2. The third-order valence-corrected chi connectivity index (χ3v) is 5.27. The number of carbonyl (C=O) groups excluding carboxylic acids is 1. The number of rotatable bonds is 5. The van der Waals surface area contributed by atoms with Crippen molar-refractivity contribution < 1.29 is 4.79 Å². The highest BCUT2D eigenvalue weighted by atomic mass is 35.5. The Kier molecular flexibility index (Phi) is 5.65. The third-order valence-electron chi connectivity index (χ3n) is 4.03. The lowest BCUT2D eigenvalue weighted by molar-refractivity contribution is 0.0949. The monoisotopic (exact) mass is 349 g/mol. The molecule has 1 amide bonds. The molecule has 0 bridgehead atoms. The molecule has 4 nitrogen and oxygen atoms in total. The van der Waals surface area contributed by atoms with Crippen molar-refractivity contribution in [3.05, 3.63) is 50.9 Å². The van der Waals surface area contributed by atoms with Gasteiger partial charge in [0.15, 0.2) is 0 Å². The van der Waals surface area contributed by atoms with Crippen LogP contribution >= 0.6 is 22.9 Å². The zero-order valence-electron chi connectivity index (χ0n) is 12.8. The first-order valence-electron chi connectivity index (χ1n) is 7.91. The van der Waals surface area contributed by atoms with Gasteiger partial charge >= 0.3 is 0 Å². The number of nitrogens with zero attached hydrogens (tertiary/aromatic N) is 1. The van der Waals surface area contributed by atoms with Gasteiger partial charge in [0.1, 0.15) is 5.69 Å². The fraction of sp³-hybridized carbons (Fsp3) is 0.412. The summed E-state index contributed by atoms with van der Waals surface area (Å²) in [5.41, 5.74) is 1.65. The Labute approximate surface area is 145 Å². The van der Waals surface area contributed by atoms with Crippen LogP contribution in [0, 0.1) is 0 Å². The van der Waals surface area contributed by atoms with Crippen LogP contribution in [0.4, 0.5) is 0 Å². The molecule has 122 valence electrons. The first kappa shape index (κ1) is 16.4. The molecule has 0 spiro atoms. The Balaban J connectivity index is 1.51. The molecular formula is C17H20ClN3OS. The predicted octanol–water partition coefficient (Wildman–Crippen LogP) is 3.24. The molecule has 0 atom stereocenters. The summed E-state index contributed by atoms with van der Waals surface area (Å²) in [4.78, 5) is 16.7. The second-order valence-electron chi connectivity index (χ2n) is 5.73. The average Bonchev–Trinajstić information content (AvgIpc) is 3.06. The summed E-state index contributed by atoms with van der Waals surface area (Å²) in [6.07, 6.45) is 2.96. The molecule has 1 saturated heterocycles. The molecule has 3 rings (SSSR count). The quantitative estimate of drug-likeness (QED) is 0.871. The molecule has 0 radical (unpaired) electrons.